The quantitative estimate of drug-likeness (QED) is 0.230. The summed E-state index contributed by atoms with van der Waals surface area (Å²) in [7, 11) is 0. The van der Waals surface area contributed by atoms with E-state index in [0.29, 0.717) is 30.4 Å². The number of nitrogens with zero attached hydrogens (tertiary/aromatic N) is 1. The molecule has 3 aromatic carbocycles. The zero-order chi connectivity index (χ0) is 30.5. The largest absolute Gasteiger partial charge is 0.416 e. The Morgan fingerprint density at radius 2 is 1.37 bits per heavy atom. The van der Waals surface area contributed by atoms with E-state index in [1.54, 1.807) is 6.92 Å². The van der Waals surface area contributed by atoms with Gasteiger partial charge in [-0.15, -0.1) is 0 Å². The van der Waals surface area contributed by atoms with E-state index in [1.165, 1.54) is 23.3 Å². The number of Topliss-reactive ketones (excluding diaryl/α,β-unsaturated/α-hetero) is 1. The Labute approximate surface area is 245 Å². The first-order valence-electron chi connectivity index (χ1n) is 14.7. The lowest BCUT2D eigenvalue weighted by molar-refractivity contribution is -0.137. The van der Waals surface area contributed by atoms with E-state index in [1.807, 2.05) is 6.07 Å². The Morgan fingerprint density at radius 3 is 1.85 bits per heavy atom. The second-order valence-electron chi connectivity index (χ2n) is 13.2. The normalized spacial score (nSPS) is 13.1. The molecule has 0 bridgehead atoms. The van der Waals surface area contributed by atoms with Gasteiger partial charge in [0.1, 0.15) is 5.78 Å². The number of ketones is 1. The van der Waals surface area contributed by atoms with Crippen LogP contribution in [0.15, 0.2) is 66.7 Å². The van der Waals surface area contributed by atoms with E-state index in [2.05, 4.69) is 89.8 Å². The molecule has 1 unspecified atom stereocenters. The molecule has 0 fully saturated rings. The zero-order valence-electron chi connectivity index (χ0n) is 25.9. The average molecular weight is 566 g/mol. The van der Waals surface area contributed by atoms with E-state index in [4.69, 9.17) is 0 Å². The first kappa shape index (κ1) is 32.4. The second-order valence-corrected chi connectivity index (χ2v) is 13.2. The second kappa shape index (κ2) is 13.3. The van der Waals surface area contributed by atoms with Gasteiger partial charge in [0.05, 0.1) is 5.56 Å². The maximum Gasteiger partial charge on any atom is 0.416 e. The van der Waals surface area contributed by atoms with E-state index in [9.17, 15) is 18.0 Å². The molecule has 3 aromatic rings. The summed E-state index contributed by atoms with van der Waals surface area (Å²) in [4.78, 5) is 15.2. The van der Waals surface area contributed by atoms with Crippen molar-refractivity contribution in [1.82, 2.24) is 0 Å². The van der Waals surface area contributed by atoms with Crippen LogP contribution in [0, 0.1) is 11.8 Å². The monoisotopic (exact) mass is 565 g/mol. The highest BCUT2D eigenvalue weighted by atomic mass is 19.4. The van der Waals surface area contributed by atoms with Crippen molar-refractivity contribution < 1.29 is 18.0 Å². The van der Waals surface area contributed by atoms with Crippen LogP contribution in [0.1, 0.15) is 96.4 Å². The standard InChI is InChI=1S/C36H46F3NO/c1-24(2)17-18-40(23-27-9-13-31(14-10-27)35(6,7)8)33-21-29(28-11-15-32(16-12-28)36(37,38)39)20-30(22-33)34(26(5)41)19-25(3)4/h9-16,20-22,24-25,34H,17-19,23H2,1-8H3. The number of hydrogen-bond acceptors (Lipinski definition) is 2. The van der Waals surface area contributed by atoms with Gasteiger partial charge in [-0.2, -0.15) is 13.2 Å². The third kappa shape index (κ3) is 9.21. The lowest BCUT2D eigenvalue weighted by Gasteiger charge is -2.29. The SMILES string of the molecule is CC(=O)C(CC(C)C)c1cc(-c2ccc(C(F)(F)F)cc2)cc(N(CCC(C)C)Cc2ccc(C(C)(C)C)cc2)c1. The molecule has 41 heavy (non-hydrogen) atoms. The maximum absolute atomic E-state index is 13.3. The molecule has 0 radical (unpaired) electrons. The summed E-state index contributed by atoms with van der Waals surface area (Å²) in [6.07, 6.45) is -2.69. The molecular formula is C36H46F3NO. The van der Waals surface area contributed by atoms with Crippen molar-refractivity contribution in [1.29, 1.82) is 0 Å². The third-order valence-corrected chi connectivity index (χ3v) is 7.62. The fraction of sp³-hybridized carbons (Fsp3) is 0.472. The number of alkyl halides is 3. The lowest BCUT2D eigenvalue weighted by atomic mass is 9.85. The summed E-state index contributed by atoms with van der Waals surface area (Å²) in [6, 6.07) is 20.2. The van der Waals surface area contributed by atoms with Crippen molar-refractivity contribution in [2.75, 3.05) is 11.4 Å². The minimum Gasteiger partial charge on any atom is -0.367 e. The summed E-state index contributed by atoms with van der Waals surface area (Å²) in [6.45, 7) is 18.4. The van der Waals surface area contributed by atoms with Gasteiger partial charge in [0.2, 0.25) is 0 Å². The van der Waals surface area contributed by atoms with Gasteiger partial charge < -0.3 is 4.90 Å². The third-order valence-electron chi connectivity index (χ3n) is 7.62. The van der Waals surface area contributed by atoms with Crippen LogP contribution in [0.5, 0.6) is 0 Å². The number of halogens is 3. The minimum atomic E-state index is -4.39. The minimum absolute atomic E-state index is 0.0683. The number of rotatable bonds is 11. The number of benzene rings is 3. The summed E-state index contributed by atoms with van der Waals surface area (Å²) in [5.74, 6) is 0.645. The highest BCUT2D eigenvalue weighted by Crippen LogP contribution is 2.36. The van der Waals surface area contributed by atoms with E-state index >= 15 is 0 Å². The molecule has 0 aliphatic heterocycles. The molecule has 0 saturated heterocycles. The fourth-order valence-corrected chi connectivity index (χ4v) is 5.09. The van der Waals surface area contributed by atoms with Crippen molar-refractivity contribution in [3.8, 4) is 11.1 Å². The molecule has 0 aromatic heterocycles. The van der Waals surface area contributed by atoms with Gasteiger partial charge in [-0.1, -0.05) is 90.9 Å². The molecule has 5 heteroatoms. The highest BCUT2D eigenvalue weighted by Gasteiger charge is 2.30. The molecule has 0 saturated carbocycles. The maximum atomic E-state index is 13.3. The Morgan fingerprint density at radius 1 is 0.780 bits per heavy atom. The average Bonchev–Trinajstić information content (AvgIpc) is 2.88. The van der Waals surface area contributed by atoms with Crippen molar-refractivity contribution in [2.45, 2.75) is 92.3 Å². The molecule has 222 valence electrons. The Kier molecular flexibility index (Phi) is 10.5. The first-order valence-corrected chi connectivity index (χ1v) is 14.7. The fourth-order valence-electron chi connectivity index (χ4n) is 5.09. The summed E-state index contributed by atoms with van der Waals surface area (Å²) in [5, 5.41) is 0. The van der Waals surface area contributed by atoms with Crippen LogP contribution in [0.4, 0.5) is 18.9 Å². The topological polar surface area (TPSA) is 20.3 Å². The van der Waals surface area contributed by atoms with Crippen LogP contribution in [0.3, 0.4) is 0 Å². The van der Waals surface area contributed by atoms with Crippen LogP contribution in [0.2, 0.25) is 0 Å². The number of carbonyl (C=O) groups is 1. The molecule has 0 amide bonds. The Balaban J connectivity index is 2.13. The van der Waals surface area contributed by atoms with Gasteiger partial charge >= 0.3 is 6.18 Å². The lowest BCUT2D eigenvalue weighted by Crippen LogP contribution is -2.25. The van der Waals surface area contributed by atoms with Gasteiger partial charge in [0, 0.05) is 24.7 Å². The van der Waals surface area contributed by atoms with Crippen LogP contribution in [0.25, 0.3) is 11.1 Å². The molecule has 0 aliphatic rings. The molecule has 0 aliphatic carbocycles. The number of anilines is 1. The van der Waals surface area contributed by atoms with Crippen molar-refractivity contribution in [3.63, 3.8) is 0 Å². The summed E-state index contributed by atoms with van der Waals surface area (Å²) < 4.78 is 39.8. The molecule has 0 N–H and O–H groups in total. The molecule has 0 spiro atoms. The highest BCUT2D eigenvalue weighted by molar-refractivity contribution is 5.85. The van der Waals surface area contributed by atoms with Crippen molar-refractivity contribution in [2.24, 2.45) is 11.8 Å². The molecule has 2 nitrogen and oxygen atoms in total. The predicted octanol–water partition coefficient (Wildman–Crippen LogP) is 10.4. The van der Waals surface area contributed by atoms with Crippen LogP contribution >= 0.6 is 0 Å². The molecule has 1 atom stereocenters. The van der Waals surface area contributed by atoms with Gasteiger partial charge in [-0.3, -0.25) is 4.79 Å². The van der Waals surface area contributed by atoms with Crippen LogP contribution < -0.4 is 4.90 Å². The van der Waals surface area contributed by atoms with Gasteiger partial charge in [-0.25, -0.2) is 0 Å². The van der Waals surface area contributed by atoms with Crippen molar-refractivity contribution >= 4 is 11.5 Å². The summed E-state index contributed by atoms with van der Waals surface area (Å²) >= 11 is 0. The zero-order valence-corrected chi connectivity index (χ0v) is 25.9. The van der Waals surface area contributed by atoms with Crippen LogP contribution in [-0.4, -0.2) is 12.3 Å². The number of hydrogen-bond donors (Lipinski definition) is 0. The number of carbonyl (C=O) groups excluding carboxylic acids is 1. The van der Waals surface area contributed by atoms with Crippen molar-refractivity contribution in [3.05, 3.63) is 89.0 Å². The van der Waals surface area contributed by atoms with Gasteiger partial charge in [0.25, 0.3) is 0 Å². The van der Waals surface area contributed by atoms with Gasteiger partial charge in [-0.05, 0) is 89.1 Å². The Hall–Kier alpha value is -3.08. The molecule has 3 rings (SSSR count). The van der Waals surface area contributed by atoms with E-state index in [-0.39, 0.29) is 17.1 Å². The summed E-state index contributed by atoms with van der Waals surface area (Å²) in [5.41, 5.74) is 5.28. The smallest absolute Gasteiger partial charge is 0.367 e. The van der Waals surface area contributed by atoms with Crippen LogP contribution in [-0.2, 0) is 22.9 Å². The first-order chi connectivity index (χ1) is 19.0. The van der Waals surface area contributed by atoms with E-state index < -0.39 is 11.7 Å². The molecular weight excluding hydrogens is 519 g/mol. The Bertz CT molecular complexity index is 1280. The predicted molar refractivity (Wildman–Crippen MR) is 165 cm³/mol. The van der Waals surface area contributed by atoms with Gasteiger partial charge in [0.15, 0.2) is 0 Å². The van der Waals surface area contributed by atoms with E-state index in [0.717, 1.165) is 41.9 Å². The molecule has 0 heterocycles.